The van der Waals surface area contributed by atoms with Crippen molar-refractivity contribution in [3.8, 4) is 5.75 Å². The van der Waals surface area contributed by atoms with Gasteiger partial charge >= 0.3 is 5.63 Å². The molecule has 0 aliphatic heterocycles. The summed E-state index contributed by atoms with van der Waals surface area (Å²) in [5.41, 5.74) is -1.32. The summed E-state index contributed by atoms with van der Waals surface area (Å²) in [6.45, 7) is 0. The molecule has 0 spiro atoms. The molecule has 1 amide bonds. The maximum absolute atomic E-state index is 12.3. The normalized spacial score (nSPS) is 10.7. The summed E-state index contributed by atoms with van der Waals surface area (Å²) in [6.07, 6.45) is 1.28. The molecule has 0 aliphatic rings. The van der Waals surface area contributed by atoms with Gasteiger partial charge in [0.25, 0.3) is 5.91 Å². The van der Waals surface area contributed by atoms with Crippen LogP contribution in [-0.4, -0.2) is 16.0 Å². The van der Waals surface area contributed by atoms with E-state index >= 15 is 0 Å². The van der Waals surface area contributed by atoms with Gasteiger partial charge in [0.1, 0.15) is 11.3 Å². The molecule has 0 fully saturated rings. The Morgan fingerprint density at radius 1 is 1.26 bits per heavy atom. The van der Waals surface area contributed by atoms with Gasteiger partial charge < -0.3 is 14.8 Å². The third-order valence-electron chi connectivity index (χ3n) is 3.05. The molecule has 0 saturated carbocycles. The SMILES string of the molecule is O=C(Nc1ncc(Cl)cc1Cl)c1c(O)c2ccccc2oc1=O. The van der Waals surface area contributed by atoms with Gasteiger partial charge in [-0.25, -0.2) is 9.78 Å². The number of nitrogens with zero attached hydrogens (tertiary/aromatic N) is 1. The summed E-state index contributed by atoms with van der Waals surface area (Å²) < 4.78 is 5.03. The van der Waals surface area contributed by atoms with E-state index in [0.29, 0.717) is 5.02 Å². The molecule has 2 N–H and O–H groups in total. The molecular formula is C15H8Cl2N2O4. The number of carbonyl (C=O) groups excluding carboxylic acids is 1. The topological polar surface area (TPSA) is 92.4 Å². The molecule has 0 atom stereocenters. The quantitative estimate of drug-likeness (QED) is 0.690. The number of hydrogen-bond donors (Lipinski definition) is 2. The van der Waals surface area contributed by atoms with Crippen LogP contribution in [0.4, 0.5) is 5.82 Å². The van der Waals surface area contributed by atoms with Crippen LogP contribution in [0.1, 0.15) is 10.4 Å². The fourth-order valence-electron chi connectivity index (χ4n) is 2.01. The molecule has 2 heterocycles. The molecule has 0 radical (unpaired) electrons. The second-order valence-corrected chi connectivity index (χ2v) is 5.39. The number of amides is 1. The molecule has 116 valence electrons. The van der Waals surface area contributed by atoms with Gasteiger partial charge in [-0.15, -0.1) is 0 Å². The van der Waals surface area contributed by atoms with E-state index in [2.05, 4.69) is 10.3 Å². The largest absolute Gasteiger partial charge is 0.506 e. The minimum Gasteiger partial charge on any atom is -0.506 e. The Hall–Kier alpha value is -2.57. The van der Waals surface area contributed by atoms with Crippen LogP contribution in [0, 0.1) is 0 Å². The first-order valence-electron chi connectivity index (χ1n) is 6.34. The summed E-state index contributed by atoms with van der Waals surface area (Å²) in [5.74, 6) is -1.36. The predicted octanol–water partition coefficient (Wildman–Crippen LogP) is 3.45. The first kappa shape index (κ1) is 15.3. The van der Waals surface area contributed by atoms with E-state index in [4.69, 9.17) is 27.6 Å². The smallest absolute Gasteiger partial charge is 0.353 e. The summed E-state index contributed by atoms with van der Waals surface area (Å²) >= 11 is 11.6. The van der Waals surface area contributed by atoms with Crippen molar-refractivity contribution in [3.63, 3.8) is 0 Å². The molecule has 0 saturated heterocycles. The molecule has 2 aromatic heterocycles. The van der Waals surface area contributed by atoms with Gasteiger partial charge in [-0.1, -0.05) is 35.3 Å². The van der Waals surface area contributed by atoms with Crippen LogP contribution in [0.15, 0.2) is 45.7 Å². The summed E-state index contributed by atoms with van der Waals surface area (Å²) in [7, 11) is 0. The predicted molar refractivity (Wildman–Crippen MR) is 86.4 cm³/mol. The van der Waals surface area contributed by atoms with Crippen molar-refractivity contribution in [3.05, 3.63) is 62.6 Å². The summed E-state index contributed by atoms with van der Waals surface area (Å²) in [5, 5.41) is 13.2. The number of benzene rings is 1. The lowest BCUT2D eigenvalue weighted by Crippen LogP contribution is -2.21. The minimum absolute atomic E-state index is 0.00743. The van der Waals surface area contributed by atoms with Crippen LogP contribution in [0.2, 0.25) is 10.0 Å². The van der Waals surface area contributed by atoms with Gasteiger partial charge in [-0.3, -0.25) is 4.79 Å². The Morgan fingerprint density at radius 3 is 2.74 bits per heavy atom. The number of halogens is 2. The fourth-order valence-corrected chi connectivity index (χ4v) is 2.44. The first-order chi connectivity index (χ1) is 11.0. The van der Waals surface area contributed by atoms with Crippen molar-refractivity contribution in [2.45, 2.75) is 0 Å². The number of aromatic hydroxyl groups is 1. The Kier molecular flexibility index (Phi) is 3.94. The number of para-hydroxylation sites is 1. The Bertz CT molecular complexity index is 985. The molecule has 3 rings (SSSR count). The second-order valence-electron chi connectivity index (χ2n) is 4.55. The number of aromatic nitrogens is 1. The van der Waals surface area contributed by atoms with Gasteiger partial charge in [-0.05, 0) is 18.2 Å². The van der Waals surface area contributed by atoms with E-state index in [1.54, 1.807) is 12.1 Å². The van der Waals surface area contributed by atoms with Crippen molar-refractivity contribution in [1.29, 1.82) is 0 Å². The summed E-state index contributed by atoms with van der Waals surface area (Å²) in [4.78, 5) is 28.1. The maximum Gasteiger partial charge on any atom is 0.353 e. The molecule has 8 heteroatoms. The van der Waals surface area contributed by atoms with Crippen LogP contribution in [0.3, 0.4) is 0 Å². The number of pyridine rings is 1. The molecule has 23 heavy (non-hydrogen) atoms. The van der Waals surface area contributed by atoms with E-state index in [0.717, 1.165) is 0 Å². The lowest BCUT2D eigenvalue weighted by molar-refractivity contribution is 0.102. The number of hydrogen-bond acceptors (Lipinski definition) is 5. The number of carbonyl (C=O) groups is 1. The highest BCUT2D eigenvalue weighted by atomic mass is 35.5. The van der Waals surface area contributed by atoms with Crippen molar-refractivity contribution < 1.29 is 14.3 Å². The zero-order chi connectivity index (χ0) is 16.6. The third kappa shape index (κ3) is 2.86. The number of anilines is 1. The molecule has 0 bridgehead atoms. The van der Waals surface area contributed by atoms with E-state index in [-0.39, 0.29) is 21.8 Å². The van der Waals surface area contributed by atoms with Crippen molar-refractivity contribution >= 4 is 45.9 Å². The van der Waals surface area contributed by atoms with E-state index in [1.807, 2.05) is 0 Å². The Balaban J connectivity index is 2.06. The van der Waals surface area contributed by atoms with Crippen LogP contribution >= 0.6 is 23.2 Å². The van der Waals surface area contributed by atoms with Crippen molar-refractivity contribution in [1.82, 2.24) is 4.98 Å². The van der Waals surface area contributed by atoms with E-state index in [1.165, 1.54) is 24.4 Å². The van der Waals surface area contributed by atoms with Gasteiger partial charge in [0.15, 0.2) is 11.4 Å². The maximum atomic E-state index is 12.3. The average Bonchev–Trinajstić information content (AvgIpc) is 2.50. The average molecular weight is 351 g/mol. The van der Waals surface area contributed by atoms with Crippen LogP contribution in [-0.2, 0) is 0 Å². The van der Waals surface area contributed by atoms with Gasteiger partial charge in [0.2, 0.25) is 0 Å². The fraction of sp³-hybridized carbons (Fsp3) is 0. The molecule has 3 aromatic rings. The van der Waals surface area contributed by atoms with Crippen LogP contribution < -0.4 is 10.9 Å². The highest BCUT2D eigenvalue weighted by Crippen LogP contribution is 2.27. The number of nitrogens with one attached hydrogen (secondary N) is 1. The zero-order valence-corrected chi connectivity index (χ0v) is 12.9. The minimum atomic E-state index is -0.969. The molecule has 1 aromatic carbocycles. The molecule has 0 unspecified atom stereocenters. The van der Waals surface area contributed by atoms with E-state index < -0.39 is 22.8 Å². The van der Waals surface area contributed by atoms with Gasteiger partial charge in [-0.2, -0.15) is 0 Å². The molecule has 0 aliphatic carbocycles. The zero-order valence-electron chi connectivity index (χ0n) is 11.3. The van der Waals surface area contributed by atoms with Gasteiger partial charge in [0, 0.05) is 6.20 Å². The number of rotatable bonds is 2. The first-order valence-corrected chi connectivity index (χ1v) is 7.10. The molecular weight excluding hydrogens is 343 g/mol. The van der Waals surface area contributed by atoms with Gasteiger partial charge in [0.05, 0.1) is 15.4 Å². The molecule has 6 nitrogen and oxygen atoms in total. The Labute approximate surface area is 139 Å². The highest BCUT2D eigenvalue weighted by molar-refractivity contribution is 6.36. The standard InChI is InChI=1S/C15H8Cl2N2O4/c16-7-5-9(17)13(18-6-7)19-14(21)11-12(20)8-3-1-2-4-10(8)23-15(11)22/h1-6,20H,(H,18,19,21). The highest BCUT2D eigenvalue weighted by Gasteiger charge is 2.22. The van der Waals surface area contributed by atoms with Crippen molar-refractivity contribution in [2.24, 2.45) is 0 Å². The lowest BCUT2D eigenvalue weighted by Gasteiger charge is -2.08. The lowest BCUT2D eigenvalue weighted by atomic mass is 10.1. The van der Waals surface area contributed by atoms with Crippen LogP contribution in [0.5, 0.6) is 5.75 Å². The number of fused-ring (bicyclic) bond motifs is 1. The van der Waals surface area contributed by atoms with E-state index in [9.17, 15) is 14.7 Å². The third-order valence-corrected chi connectivity index (χ3v) is 3.55. The monoisotopic (exact) mass is 350 g/mol. The van der Waals surface area contributed by atoms with Crippen LogP contribution in [0.25, 0.3) is 11.0 Å². The van der Waals surface area contributed by atoms with Crippen molar-refractivity contribution in [2.75, 3.05) is 5.32 Å². The second kappa shape index (κ2) is 5.91. The summed E-state index contributed by atoms with van der Waals surface area (Å²) in [6, 6.07) is 7.70. The Morgan fingerprint density at radius 2 is 2.00 bits per heavy atom.